The van der Waals surface area contributed by atoms with Gasteiger partial charge in [-0.25, -0.2) is 18.7 Å². The molecule has 0 saturated carbocycles. The molecule has 35 heavy (non-hydrogen) atoms. The number of fused-ring (bicyclic) bond motifs is 1. The Balaban J connectivity index is 1.67. The van der Waals surface area contributed by atoms with Crippen LogP contribution in [0.5, 0.6) is 11.5 Å². The number of benzene rings is 2. The van der Waals surface area contributed by atoms with Crippen LogP contribution in [0.25, 0.3) is 10.9 Å². The second-order valence-electron chi connectivity index (χ2n) is 7.85. The molecule has 0 radical (unpaired) electrons. The summed E-state index contributed by atoms with van der Waals surface area (Å²) < 4.78 is 45.0. The highest BCUT2D eigenvalue weighted by Crippen LogP contribution is 2.38. The monoisotopic (exact) mass is 484 g/mol. The Hall–Kier alpha value is -3.63. The number of carbonyl (C=O) groups is 1. The number of carbonyl (C=O) groups excluding carboxylic acids is 1. The first kappa shape index (κ1) is 24.5. The van der Waals surface area contributed by atoms with Gasteiger partial charge in [0.2, 0.25) is 0 Å². The first-order valence-corrected chi connectivity index (χ1v) is 11.2. The lowest BCUT2D eigenvalue weighted by atomic mass is 10.1. The highest BCUT2D eigenvalue weighted by Gasteiger charge is 2.24. The minimum Gasteiger partial charge on any atom is -0.493 e. The van der Waals surface area contributed by atoms with Crippen molar-refractivity contribution in [3.63, 3.8) is 0 Å². The fraction of sp³-hybridized carbons (Fsp3) is 0.320. The summed E-state index contributed by atoms with van der Waals surface area (Å²) in [6.45, 7) is 8.07. The van der Waals surface area contributed by atoms with Crippen LogP contribution in [0.1, 0.15) is 6.42 Å². The molecule has 0 bridgehead atoms. The van der Waals surface area contributed by atoms with Crippen molar-refractivity contribution in [3.05, 3.63) is 60.9 Å². The molecule has 1 saturated heterocycles. The topological polar surface area (TPSA) is 77.0 Å². The third-order valence-electron chi connectivity index (χ3n) is 5.64. The van der Waals surface area contributed by atoms with Crippen molar-refractivity contribution in [2.75, 3.05) is 51.5 Å². The normalized spacial score (nSPS) is 14.0. The molecule has 8 nitrogen and oxygen atoms in total. The van der Waals surface area contributed by atoms with Crippen molar-refractivity contribution >= 4 is 28.3 Å². The predicted molar refractivity (Wildman–Crippen MR) is 127 cm³/mol. The number of hydrogen-bond donors (Lipinski definition) is 0. The first-order valence-electron chi connectivity index (χ1n) is 11.2. The van der Waals surface area contributed by atoms with E-state index in [0.29, 0.717) is 35.1 Å². The number of halogens is 2. The van der Waals surface area contributed by atoms with Gasteiger partial charge in [-0.2, -0.15) is 0 Å². The molecule has 1 aliphatic heterocycles. The summed E-state index contributed by atoms with van der Waals surface area (Å²) in [6.07, 6.45) is 3.08. The molecule has 184 valence electrons. The van der Waals surface area contributed by atoms with Crippen LogP contribution in [-0.2, 0) is 9.53 Å². The summed E-state index contributed by atoms with van der Waals surface area (Å²) in [6, 6.07) is 6.26. The summed E-state index contributed by atoms with van der Waals surface area (Å²) in [5.74, 6) is -1.32. The molecule has 0 unspecified atom stereocenters. The molecule has 0 spiro atoms. The van der Waals surface area contributed by atoms with E-state index in [2.05, 4.69) is 21.4 Å². The van der Waals surface area contributed by atoms with Crippen LogP contribution in [-0.4, -0.2) is 67.3 Å². The molecule has 0 N–H and O–H groups in total. The second kappa shape index (κ2) is 11.2. The zero-order valence-corrected chi connectivity index (χ0v) is 19.4. The molecule has 4 rings (SSSR count). The van der Waals surface area contributed by atoms with Crippen molar-refractivity contribution in [2.24, 2.45) is 0 Å². The lowest BCUT2D eigenvalue weighted by Gasteiger charge is -2.26. The lowest BCUT2D eigenvalue weighted by Crippen LogP contribution is -2.37. The summed E-state index contributed by atoms with van der Waals surface area (Å²) in [5, 5.41) is 0.426. The average molecular weight is 485 g/mol. The Labute approximate surface area is 201 Å². The molecule has 3 aromatic rings. The summed E-state index contributed by atoms with van der Waals surface area (Å²) in [7, 11) is 1.52. The molecule has 1 aromatic heterocycles. The largest absolute Gasteiger partial charge is 0.493 e. The Bertz CT molecular complexity index is 1220. The van der Waals surface area contributed by atoms with Crippen molar-refractivity contribution in [2.45, 2.75) is 6.42 Å². The van der Waals surface area contributed by atoms with E-state index in [9.17, 15) is 13.6 Å². The third kappa shape index (κ3) is 5.55. The van der Waals surface area contributed by atoms with Crippen LogP contribution in [0.15, 0.2) is 49.3 Å². The molecular formula is C25H26F2N4O4. The maximum absolute atomic E-state index is 14.7. The van der Waals surface area contributed by atoms with E-state index in [0.717, 1.165) is 56.3 Å². The number of ether oxygens (including phenoxy) is 3. The lowest BCUT2D eigenvalue weighted by molar-refractivity contribution is -0.113. The van der Waals surface area contributed by atoms with Crippen LogP contribution in [0.2, 0.25) is 0 Å². The molecule has 0 atom stereocenters. The van der Waals surface area contributed by atoms with Crippen molar-refractivity contribution in [3.8, 4) is 11.5 Å². The van der Waals surface area contributed by atoms with Crippen LogP contribution in [0.3, 0.4) is 0 Å². The Morgan fingerprint density at radius 1 is 1.20 bits per heavy atom. The van der Waals surface area contributed by atoms with Gasteiger partial charge in [-0.3, -0.25) is 14.6 Å². The van der Waals surface area contributed by atoms with Gasteiger partial charge in [0.25, 0.3) is 5.91 Å². The summed E-state index contributed by atoms with van der Waals surface area (Å²) >= 11 is 0. The fourth-order valence-corrected chi connectivity index (χ4v) is 3.89. The van der Waals surface area contributed by atoms with Gasteiger partial charge in [0.15, 0.2) is 17.3 Å². The van der Waals surface area contributed by atoms with Gasteiger partial charge in [-0.1, -0.05) is 6.58 Å². The van der Waals surface area contributed by atoms with Gasteiger partial charge in [-0.15, -0.1) is 0 Å². The quantitative estimate of drug-likeness (QED) is 0.337. The van der Waals surface area contributed by atoms with E-state index in [1.165, 1.54) is 19.5 Å². The first-order chi connectivity index (χ1) is 17.0. The predicted octanol–water partition coefficient (Wildman–Crippen LogP) is 3.87. The maximum atomic E-state index is 14.7. The van der Waals surface area contributed by atoms with Gasteiger partial charge in [0.05, 0.1) is 38.1 Å². The number of anilines is 2. The van der Waals surface area contributed by atoms with Gasteiger partial charge in [-0.05, 0) is 30.7 Å². The van der Waals surface area contributed by atoms with Gasteiger partial charge in [0, 0.05) is 37.2 Å². The molecule has 0 aliphatic carbocycles. The minimum atomic E-state index is -0.917. The van der Waals surface area contributed by atoms with E-state index in [-0.39, 0.29) is 11.5 Å². The second-order valence-corrected chi connectivity index (χ2v) is 7.85. The minimum absolute atomic E-state index is 0.103. The Morgan fingerprint density at radius 3 is 2.71 bits per heavy atom. The number of nitrogens with zero attached hydrogens (tertiary/aromatic N) is 4. The molecule has 2 heterocycles. The van der Waals surface area contributed by atoms with E-state index in [1.807, 2.05) is 0 Å². The van der Waals surface area contributed by atoms with E-state index in [4.69, 9.17) is 14.2 Å². The van der Waals surface area contributed by atoms with Crippen LogP contribution < -0.4 is 14.4 Å². The SMILES string of the molecule is C=CC(=O)N(c1ccc(F)cc1F)c1ncnc2cc(OC)c(OCCCN3CCOCC3)cc12. The Kier molecular flexibility index (Phi) is 7.84. The van der Waals surface area contributed by atoms with E-state index < -0.39 is 17.5 Å². The molecule has 1 fully saturated rings. The van der Waals surface area contributed by atoms with Crippen LogP contribution in [0.4, 0.5) is 20.3 Å². The number of hydrogen-bond acceptors (Lipinski definition) is 7. The zero-order valence-electron chi connectivity index (χ0n) is 19.4. The molecular weight excluding hydrogens is 458 g/mol. The van der Waals surface area contributed by atoms with E-state index >= 15 is 0 Å². The van der Waals surface area contributed by atoms with Crippen LogP contribution >= 0.6 is 0 Å². The van der Waals surface area contributed by atoms with Gasteiger partial charge < -0.3 is 14.2 Å². The number of aromatic nitrogens is 2. The molecule has 2 aromatic carbocycles. The standard InChI is InChI=1S/C25H26F2N4O4/c1-3-24(32)31(21-6-5-17(26)13-19(21)27)25-18-14-23(22(33-2)15-20(18)28-16-29-25)35-10-4-7-30-8-11-34-12-9-30/h3,5-6,13-16H,1,4,7-12H2,2H3. The highest BCUT2D eigenvalue weighted by molar-refractivity contribution is 6.10. The summed E-state index contributed by atoms with van der Waals surface area (Å²) in [4.78, 5) is 24.6. The van der Waals surface area contributed by atoms with Crippen molar-refractivity contribution in [1.29, 1.82) is 0 Å². The fourth-order valence-electron chi connectivity index (χ4n) is 3.89. The molecule has 1 aliphatic rings. The highest BCUT2D eigenvalue weighted by atomic mass is 19.1. The van der Waals surface area contributed by atoms with Crippen LogP contribution in [0, 0.1) is 11.6 Å². The third-order valence-corrected chi connectivity index (χ3v) is 5.64. The van der Waals surface area contributed by atoms with Gasteiger partial charge >= 0.3 is 0 Å². The number of methoxy groups -OCH3 is 1. The Morgan fingerprint density at radius 2 is 2.00 bits per heavy atom. The maximum Gasteiger partial charge on any atom is 0.256 e. The number of amides is 1. The number of morpholine rings is 1. The van der Waals surface area contributed by atoms with E-state index in [1.54, 1.807) is 12.1 Å². The zero-order chi connectivity index (χ0) is 24.8. The van der Waals surface area contributed by atoms with Crippen molar-refractivity contribution < 1.29 is 27.8 Å². The van der Waals surface area contributed by atoms with Crippen molar-refractivity contribution in [1.82, 2.24) is 14.9 Å². The average Bonchev–Trinajstić information content (AvgIpc) is 2.88. The molecule has 1 amide bonds. The molecule has 10 heteroatoms. The summed E-state index contributed by atoms with van der Waals surface area (Å²) in [5.41, 5.74) is 0.289. The smallest absolute Gasteiger partial charge is 0.256 e. The van der Waals surface area contributed by atoms with Gasteiger partial charge in [0.1, 0.15) is 18.0 Å². The number of rotatable bonds is 9.